The van der Waals surface area contributed by atoms with Crippen molar-refractivity contribution < 1.29 is 4.42 Å². The Kier molecular flexibility index (Phi) is 8.89. The first-order valence-electron chi connectivity index (χ1n) is 22.7. The molecule has 0 amide bonds. The van der Waals surface area contributed by atoms with Gasteiger partial charge >= 0.3 is 0 Å². The molecule has 1 aromatic heterocycles. The summed E-state index contributed by atoms with van der Waals surface area (Å²) in [5.41, 5.74) is 14.5. The number of rotatable bonds is 7. The van der Waals surface area contributed by atoms with Crippen molar-refractivity contribution in [2.24, 2.45) is 0 Å². The van der Waals surface area contributed by atoms with Gasteiger partial charge in [-0.05, 0) is 119 Å². The van der Waals surface area contributed by atoms with Crippen LogP contribution in [0.15, 0.2) is 253 Å². The van der Waals surface area contributed by atoms with Gasteiger partial charge in [0.15, 0.2) is 0 Å². The Hall–Kier alpha value is -8.72. The zero-order valence-corrected chi connectivity index (χ0v) is 36.0. The van der Waals surface area contributed by atoms with Gasteiger partial charge in [-0.1, -0.05) is 206 Å². The van der Waals surface area contributed by atoms with E-state index >= 15 is 0 Å². The van der Waals surface area contributed by atoms with Crippen LogP contribution in [0.25, 0.3) is 110 Å². The molecule has 0 aliphatic rings. The van der Waals surface area contributed by atoms with E-state index < -0.39 is 0 Å². The van der Waals surface area contributed by atoms with Crippen LogP contribution in [0, 0.1) is 0 Å². The van der Waals surface area contributed by atoms with Gasteiger partial charge in [0.05, 0.1) is 5.69 Å². The number of hydrogen-bond acceptors (Lipinski definition) is 2. The van der Waals surface area contributed by atoms with E-state index in [1.165, 1.54) is 70.9 Å². The van der Waals surface area contributed by atoms with Crippen LogP contribution in [0.1, 0.15) is 0 Å². The Morgan fingerprint density at radius 3 is 1.53 bits per heavy atom. The number of para-hydroxylation sites is 2. The van der Waals surface area contributed by atoms with Crippen LogP contribution in [-0.2, 0) is 0 Å². The first-order valence-corrected chi connectivity index (χ1v) is 22.7. The van der Waals surface area contributed by atoms with E-state index in [0.717, 1.165) is 55.7 Å². The number of furan rings is 1. The Labute approximate surface area is 382 Å². The van der Waals surface area contributed by atoms with Gasteiger partial charge in [-0.2, -0.15) is 0 Å². The highest BCUT2D eigenvalue weighted by Gasteiger charge is 2.20. The van der Waals surface area contributed by atoms with E-state index in [1.807, 2.05) is 12.1 Å². The Morgan fingerprint density at radius 1 is 0.273 bits per heavy atom. The second kappa shape index (κ2) is 15.5. The summed E-state index contributed by atoms with van der Waals surface area (Å²) < 4.78 is 6.47. The van der Waals surface area contributed by atoms with Crippen molar-refractivity contribution in [1.29, 1.82) is 0 Å². The van der Waals surface area contributed by atoms with Crippen LogP contribution in [-0.4, -0.2) is 0 Å². The molecule has 0 saturated heterocycles. The predicted molar refractivity (Wildman–Crippen MR) is 280 cm³/mol. The predicted octanol–water partition coefficient (Wildman–Crippen LogP) is 18.3. The zero-order chi connectivity index (χ0) is 43.6. The molecule has 66 heavy (non-hydrogen) atoms. The number of fused-ring (bicyclic) bond motifs is 9. The summed E-state index contributed by atoms with van der Waals surface area (Å²) in [6.45, 7) is 0. The molecule has 0 atom stereocenters. The first-order chi connectivity index (χ1) is 32.7. The molecule has 0 aliphatic heterocycles. The minimum Gasteiger partial charge on any atom is -0.455 e. The van der Waals surface area contributed by atoms with E-state index in [9.17, 15) is 0 Å². The van der Waals surface area contributed by atoms with Crippen molar-refractivity contribution in [1.82, 2.24) is 0 Å². The average Bonchev–Trinajstić information content (AvgIpc) is 3.78. The number of benzene rings is 12. The Morgan fingerprint density at radius 2 is 0.788 bits per heavy atom. The fourth-order valence-electron chi connectivity index (χ4n) is 10.4. The maximum Gasteiger partial charge on any atom is 0.143 e. The molecule has 12 aromatic carbocycles. The van der Waals surface area contributed by atoms with Gasteiger partial charge in [0.1, 0.15) is 11.2 Å². The molecular weight excluding hydrogens is 799 g/mol. The Balaban J connectivity index is 0.963. The number of anilines is 3. The normalized spacial score (nSPS) is 11.6. The van der Waals surface area contributed by atoms with E-state index in [4.69, 9.17) is 4.42 Å². The lowest BCUT2D eigenvalue weighted by Gasteiger charge is -2.27. The first kappa shape index (κ1) is 37.8. The third-order valence-corrected chi connectivity index (χ3v) is 13.5. The third kappa shape index (κ3) is 6.18. The molecule has 0 saturated carbocycles. The molecule has 0 radical (unpaired) electrons. The molecule has 0 bridgehead atoms. The van der Waals surface area contributed by atoms with Crippen molar-refractivity contribution >= 4 is 82.1 Å². The molecule has 2 heteroatoms. The highest BCUT2D eigenvalue weighted by Crippen LogP contribution is 2.47. The quantitative estimate of drug-likeness (QED) is 0.149. The van der Waals surface area contributed by atoms with Crippen LogP contribution in [0.3, 0.4) is 0 Å². The van der Waals surface area contributed by atoms with Gasteiger partial charge in [0.2, 0.25) is 0 Å². The lowest BCUT2D eigenvalue weighted by molar-refractivity contribution is 0.670. The SMILES string of the molecule is c1ccc(-c2c(-c3ccccc3)c3cc(-c4ccc(N(c5ccc(-c6cccc7c6oc6ccccc67)cc5)c5cccc6c5ccc5ccccc56)cc4)ccc3c3ccccc23)cc1. The fraction of sp³-hybridized carbons (Fsp3) is 0. The minimum atomic E-state index is 0.903. The second-order valence-electron chi connectivity index (χ2n) is 17.2. The van der Waals surface area contributed by atoms with Crippen molar-refractivity contribution in [3.8, 4) is 44.5 Å². The van der Waals surface area contributed by atoms with Gasteiger partial charge in [-0.3, -0.25) is 0 Å². The Bertz CT molecular complexity index is 3960. The van der Waals surface area contributed by atoms with Crippen molar-refractivity contribution in [3.05, 3.63) is 249 Å². The average molecular weight is 840 g/mol. The lowest BCUT2D eigenvalue weighted by atomic mass is 9.84. The summed E-state index contributed by atoms with van der Waals surface area (Å²) in [5, 5.41) is 12.2. The smallest absolute Gasteiger partial charge is 0.143 e. The van der Waals surface area contributed by atoms with E-state index in [0.29, 0.717) is 0 Å². The summed E-state index contributed by atoms with van der Waals surface area (Å²) in [7, 11) is 0. The molecule has 1 heterocycles. The topological polar surface area (TPSA) is 16.4 Å². The summed E-state index contributed by atoms with van der Waals surface area (Å²) in [6.07, 6.45) is 0. The molecule has 0 unspecified atom stereocenters. The fourth-order valence-corrected chi connectivity index (χ4v) is 10.4. The summed E-state index contributed by atoms with van der Waals surface area (Å²) in [6, 6.07) is 90.2. The van der Waals surface area contributed by atoms with Crippen LogP contribution in [0.4, 0.5) is 17.1 Å². The third-order valence-electron chi connectivity index (χ3n) is 13.5. The minimum absolute atomic E-state index is 0.903. The van der Waals surface area contributed by atoms with E-state index in [-0.39, 0.29) is 0 Å². The molecular formula is C64H41NO. The van der Waals surface area contributed by atoms with Gasteiger partial charge in [0, 0.05) is 33.1 Å². The molecule has 13 rings (SSSR count). The highest BCUT2D eigenvalue weighted by molar-refractivity contribution is 6.22. The van der Waals surface area contributed by atoms with Crippen LogP contribution in [0.2, 0.25) is 0 Å². The zero-order valence-electron chi connectivity index (χ0n) is 36.0. The van der Waals surface area contributed by atoms with E-state index in [1.54, 1.807) is 0 Å². The largest absolute Gasteiger partial charge is 0.455 e. The van der Waals surface area contributed by atoms with Crippen LogP contribution >= 0.6 is 0 Å². The summed E-state index contributed by atoms with van der Waals surface area (Å²) >= 11 is 0. The molecule has 0 aliphatic carbocycles. The van der Waals surface area contributed by atoms with Crippen LogP contribution in [0.5, 0.6) is 0 Å². The van der Waals surface area contributed by atoms with Gasteiger partial charge < -0.3 is 9.32 Å². The lowest BCUT2D eigenvalue weighted by Crippen LogP contribution is -2.10. The second-order valence-corrected chi connectivity index (χ2v) is 17.2. The molecule has 13 aromatic rings. The summed E-state index contributed by atoms with van der Waals surface area (Å²) in [5.74, 6) is 0. The molecule has 308 valence electrons. The number of nitrogens with zero attached hydrogens (tertiary/aromatic N) is 1. The molecule has 0 fully saturated rings. The van der Waals surface area contributed by atoms with Gasteiger partial charge in [-0.25, -0.2) is 0 Å². The molecule has 0 N–H and O–H groups in total. The number of hydrogen-bond donors (Lipinski definition) is 0. The van der Waals surface area contributed by atoms with Crippen molar-refractivity contribution in [2.45, 2.75) is 0 Å². The maximum absolute atomic E-state index is 6.47. The summed E-state index contributed by atoms with van der Waals surface area (Å²) in [4.78, 5) is 2.40. The van der Waals surface area contributed by atoms with Crippen molar-refractivity contribution in [3.63, 3.8) is 0 Å². The molecule has 2 nitrogen and oxygen atoms in total. The van der Waals surface area contributed by atoms with E-state index in [2.05, 4.69) is 241 Å². The van der Waals surface area contributed by atoms with Crippen LogP contribution < -0.4 is 4.90 Å². The highest BCUT2D eigenvalue weighted by atomic mass is 16.3. The molecule has 0 spiro atoms. The monoisotopic (exact) mass is 839 g/mol. The standard InChI is InChI=1S/C64H41NO/c1-3-16-45(17-4-1)62-57-23-10-9-21-53(57)54-39-34-47(41-59(54)63(62)46-18-5-2-6-19-46)42-29-35-48(36-30-42)65(60-27-14-25-52-50-20-8-7-15-43(50)33-40-55(52)60)49-37-31-44(32-38-49)51-24-13-26-58-56-22-11-12-28-61(56)66-64(51)58/h1-41H. The van der Waals surface area contributed by atoms with Gasteiger partial charge in [0.25, 0.3) is 0 Å². The van der Waals surface area contributed by atoms with Crippen molar-refractivity contribution in [2.75, 3.05) is 4.90 Å². The maximum atomic E-state index is 6.47. The van der Waals surface area contributed by atoms with Gasteiger partial charge in [-0.15, -0.1) is 0 Å².